The molecule has 1 aliphatic heterocycles. The summed E-state index contributed by atoms with van der Waals surface area (Å²) < 4.78 is 40.6. The van der Waals surface area contributed by atoms with Crippen LogP contribution < -0.4 is 15.0 Å². The van der Waals surface area contributed by atoms with Crippen LogP contribution in [-0.4, -0.2) is 35.3 Å². The van der Waals surface area contributed by atoms with Gasteiger partial charge in [-0.3, -0.25) is 4.79 Å². The van der Waals surface area contributed by atoms with Crippen molar-refractivity contribution in [2.24, 2.45) is 0 Å². The Morgan fingerprint density at radius 3 is 2.52 bits per heavy atom. The Balaban J connectivity index is 1.57. The second kappa shape index (κ2) is 7.51. The van der Waals surface area contributed by atoms with Crippen molar-refractivity contribution < 1.29 is 22.7 Å². The number of nitrogens with one attached hydrogen (secondary N) is 1. The highest BCUT2D eigenvalue weighted by molar-refractivity contribution is 7.20. The van der Waals surface area contributed by atoms with Crippen molar-refractivity contribution in [3.05, 3.63) is 41.0 Å². The van der Waals surface area contributed by atoms with Crippen molar-refractivity contribution in [3.63, 3.8) is 0 Å². The van der Waals surface area contributed by atoms with E-state index in [-0.39, 0.29) is 11.7 Å². The van der Waals surface area contributed by atoms with Crippen LogP contribution in [0.15, 0.2) is 30.6 Å². The molecule has 10 heteroatoms. The van der Waals surface area contributed by atoms with Crippen molar-refractivity contribution in [1.82, 2.24) is 9.97 Å². The summed E-state index contributed by atoms with van der Waals surface area (Å²) >= 11 is 1.27. The van der Waals surface area contributed by atoms with Crippen LogP contribution in [-0.2, 0) is 0 Å². The first kappa shape index (κ1) is 19.4. The zero-order valence-corrected chi connectivity index (χ0v) is 16.2. The second-order valence-electron chi connectivity index (χ2n) is 6.65. The molecule has 152 valence electrons. The lowest BCUT2D eigenvalue weighted by Gasteiger charge is -2.17. The third-order valence-corrected chi connectivity index (χ3v) is 5.86. The van der Waals surface area contributed by atoms with E-state index < -0.39 is 6.36 Å². The van der Waals surface area contributed by atoms with E-state index >= 15 is 0 Å². The van der Waals surface area contributed by atoms with E-state index in [1.807, 2.05) is 6.92 Å². The summed E-state index contributed by atoms with van der Waals surface area (Å²) in [4.78, 5) is 24.9. The van der Waals surface area contributed by atoms with Gasteiger partial charge in [0.1, 0.15) is 22.7 Å². The number of nitrogens with zero attached hydrogens (tertiary/aromatic N) is 3. The van der Waals surface area contributed by atoms with E-state index in [0.29, 0.717) is 10.6 Å². The molecule has 0 unspecified atom stereocenters. The van der Waals surface area contributed by atoms with Crippen LogP contribution in [0.1, 0.15) is 28.1 Å². The van der Waals surface area contributed by atoms with Gasteiger partial charge in [0.25, 0.3) is 5.91 Å². The summed E-state index contributed by atoms with van der Waals surface area (Å²) in [5.41, 5.74) is 1.16. The van der Waals surface area contributed by atoms with Crippen molar-refractivity contribution in [2.45, 2.75) is 26.1 Å². The number of aromatic nitrogens is 2. The zero-order chi connectivity index (χ0) is 20.6. The van der Waals surface area contributed by atoms with Crippen LogP contribution in [0, 0.1) is 6.92 Å². The lowest BCUT2D eigenvalue weighted by Crippen LogP contribution is -2.19. The first-order chi connectivity index (χ1) is 13.8. The van der Waals surface area contributed by atoms with E-state index in [1.54, 1.807) is 0 Å². The van der Waals surface area contributed by atoms with Crippen molar-refractivity contribution in [2.75, 3.05) is 23.3 Å². The summed E-state index contributed by atoms with van der Waals surface area (Å²) in [6.07, 6.45) is -1.04. The highest BCUT2D eigenvalue weighted by Crippen LogP contribution is 2.36. The Morgan fingerprint density at radius 1 is 1.17 bits per heavy atom. The number of hydrogen-bond donors (Lipinski definition) is 1. The molecule has 1 saturated heterocycles. The molecule has 0 radical (unpaired) electrons. The van der Waals surface area contributed by atoms with E-state index in [2.05, 4.69) is 24.9 Å². The van der Waals surface area contributed by atoms with Crippen LogP contribution in [0.3, 0.4) is 0 Å². The molecule has 0 atom stereocenters. The van der Waals surface area contributed by atoms with Crippen molar-refractivity contribution >= 4 is 39.0 Å². The number of amides is 1. The average Bonchev–Trinajstić information content (AvgIpc) is 3.30. The number of fused-ring (bicyclic) bond motifs is 1. The molecule has 3 aromatic rings. The van der Waals surface area contributed by atoms with E-state index in [0.717, 1.165) is 59.7 Å². The maximum absolute atomic E-state index is 12.8. The third kappa shape index (κ3) is 4.12. The second-order valence-corrected chi connectivity index (χ2v) is 7.65. The summed E-state index contributed by atoms with van der Waals surface area (Å²) in [6, 6.07) is 5.02. The number of halogens is 3. The quantitative estimate of drug-likeness (QED) is 0.657. The molecule has 0 saturated carbocycles. The molecule has 1 fully saturated rings. The highest BCUT2D eigenvalue weighted by Gasteiger charge is 2.31. The Bertz CT molecular complexity index is 1040. The maximum atomic E-state index is 12.8. The zero-order valence-electron chi connectivity index (χ0n) is 15.4. The minimum absolute atomic E-state index is 0.345. The fraction of sp³-hybridized carbons (Fsp3) is 0.316. The molecule has 1 aliphatic rings. The summed E-state index contributed by atoms with van der Waals surface area (Å²) in [7, 11) is 0. The highest BCUT2D eigenvalue weighted by atomic mass is 32.1. The number of benzene rings is 1. The van der Waals surface area contributed by atoms with Crippen LogP contribution in [0.5, 0.6) is 5.75 Å². The maximum Gasteiger partial charge on any atom is 0.573 e. The Labute approximate surface area is 168 Å². The van der Waals surface area contributed by atoms with Gasteiger partial charge in [0, 0.05) is 18.8 Å². The third-order valence-electron chi connectivity index (χ3n) is 4.66. The number of aryl methyl sites for hydroxylation is 1. The van der Waals surface area contributed by atoms with E-state index in [9.17, 15) is 18.0 Å². The predicted molar refractivity (Wildman–Crippen MR) is 105 cm³/mol. The molecule has 29 heavy (non-hydrogen) atoms. The minimum Gasteiger partial charge on any atom is -0.406 e. The fourth-order valence-corrected chi connectivity index (χ4v) is 4.40. The molecular weight excluding hydrogens is 405 g/mol. The number of thiophene rings is 1. The summed E-state index contributed by atoms with van der Waals surface area (Å²) in [5.74, 6) is 0.149. The number of carbonyl (C=O) groups is 1. The topological polar surface area (TPSA) is 67.3 Å². The van der Waals surface area contributed by atoms with Gasteiger partial charge in [0.2, 0.25) is 0 Å². The molecule has 2 aromatic heterocycles. The van der Waals surface area contributed by atoms with Gasteiger partial charge in [0.15, 0.2) is 0 Å². The number of alkyl halides is 3. The Kier molecular flexibility index (Phi) is 5.03. The largest absolute Gasteiger partial charge is 0.573 e. The van der Waals surface area contributed by atoms with Crippen molar-refractivity contribution in [1.29, 1.82) is 0 Å². The molecule has 0 spiro atoms. The number of hydrogen-bond acceptors (Lipinski definition) is 6. The number of rotatable bonds is 4. The summed E-state index contributed by atoms with van der Waals surface area (Å²) in [5, 5.41) is 3.59. The number of carbonyl (C=O) groups excluding carboxylic acids is 1. The van der Waals surface area contributed by atoms with Crippen LogP contribution in [0.25, 0.3) is 10.2 Å². The molecule has 3 heterocycles. The van der Waals surface area contributed by atoms with Crippen LogP contribution >= 0.6 is 11.3 Å². The molecule has 0 aliphatic carbocycles. The lowest BCUT2D eigenvalue weighted by atomic mass is 10.2. The normalized spacial score (nSPS) is 14.4. The molecule has 6 nitrogen and oxygen atoms in total. The van der Waals surface area contributed by atoms with Crippen LogP contribution in [0.4, 0.5) is 24.7 Å². The molecule has 1 aromatic carbocycles. The standard InChI is InChI=1S/C19H17F3N4O2S/c1-11-14-16(26-8-2-3-9-26)23-10-24-18(14)29-15(11)17(27)25-12-4-6-13(7-5-12)28-19(20,21)22/h4-7,10H,2-3,8-9H2,1H3,(H,25,27). The van der Waals surface area contributed by atoms with Gasteiger partial charge >= 0.3 is 6.36 Å². The van der Waals surface area contributed by atoms with Gasteiger partial charge in [-0.15, -0.1) is 24.5 Å². The van der Waals surface area contributed by atoms with E-state index in [4.69, 9.17) is 0 Å². The smallest absolute Gasteiger partial charge is 0.406 e. The molecule has 1 N–H and O–H groups in total. The first-order valence-corrected chi connectivity index (χ1v) is 9.80. The molecule has 4 rings (SSSR count). The molecule has 1 amide bonds. The van der Waals surface area contributed by atoms with Crippen LogP contribution in [0.2, 0.25) is 0 Å². The molecule has 0 bridgehead atoms. The fourth-order valence-electron chi connectivity index (χ4n) is 3.37. The molecular formula is C19H17F3N4O2S. The average molecular weight is 422 g/mol. The lowest BCUT2D eigenvalue weighted by molar-refractivity contribution is -0.274. The number of anilines is 2. The van der Waals surface area contributed by atoms with Gasteiger partial charge in [-0.2, -0.15) is 0 Å². The van der Waals surface area contributed by atoms with Gasteiger partial charge in [-0.05, 0) is 49.6 Å². The van der Waals surface area contributed by atoms with Crippen molar-refractivity contribution in [3.8, 4) is 5.75 Å². The minimum atomic E-state index is -4.76. The predicted octanol–water partition coefficient (Wildman–Crippen LogP) is 4.75. The van der Waals surface area contributed by atoms with Gasteiger partial charge in [-0.1, -0.05) is 0 Å². The van der Waals surface area contributed by atoms with E-state index in [1.165, 1.54) is 29.8 Å². The van der Waals surface area contributed by atoms with Gasteiger partial charge in [0.05, 0.1) is 10.3 Å². The summed E-state index contributed by atoms with van der Waals surface area (Å²) in [6.45, 7) is 3.71. The first-order valence-electron chi connectivity index (χ1n) is 8.98. The number of ether oxygens (including phenoxy) is 1. The Hall–Kier alpha value is -2.88. The van der Waals surface area contributed by atoms with Gasteiger partial charge in [-0.25, -0.2) is 9.97 Å². The van der Waals surface area contributed by atoms with Gasteiger partial charge < -0.3 is 15.0 Å². The SMILES string of the molecule is Cc1c(C(=O)Nc2ccc(OC(F)(F)F)cc2)sc2ncnc(N3CCCC3)c12. The Morgan fingerprint density at radius 2 is 1.86 bits per heavy atom. The monoisotopic (exact) mass is 422 g/mol.